The van der Waals surface area contributed by atoms with Gasteiger partial charge in [-0.25, -0.2) is 18.8 Å². The van der Waals surface area contributed by atoms with Gasteiger partial charge in [-0.2, -0.15) is 0 Å². The van der Waals surface area contributed by atoms with Crippen LogP contribution >= 0.6 is 0 Å². The van der Waals surface area contributed by atoms with Crippen molar-refractivity contribution in [1.29, 1.82) is 0 Å². The standard InChI is InChI=1S/C31H35FN2O6/c1-22(2)18-34(19-28(35)30(37)40-21-24-13-7-4-8-14-24)31(38)33-27(17-25-15-9-10-16-26(25)32)29(36)39-20-23-11-5-3-6-12-23/h3-16,22,27-28,35H,17-21H2,1-2H3,(H,33,38)/t27-,28?/m0/s1. The van der Waals surface area contributed by atoms with Gasteiger partial charge in [-0.3, -0.25) is 0 Å². The van der Waals surface area contributed by atoms with Crippen LogP contribution in [-0.2, 0) is 38.7 Å². The number of aliphatic hydroxyl groups excluding tert-OH is 1. The van der Waals surface area contributed by atoms with Gasteiger partial charge in [0.2, 0.25) is 0 Å². The second-order valence-corrected chi connectivity index (χ2v) is 9.80. The van der Waals surface area contributed by atoms with Crippen molar-refractivity contribution in [2.45, 2.75) is 45.6 Å². The summed E-state index contributed by atoms with van der Waals surface area (Å²) >= 11 is 0. The third-order valence-corrected chi connectivity index (χ3v) is 5.95. The summed E-state index contributed by atoms with van der Waals surface area (Å²) in [5.74, 6) is -2.16. The smallest absolute Gasteiger partial charge is 0.337 e. The quantitative estimate of drug-likeness (QED) is 0.308. The molecule has 3 aromatic carbocycles. The van der Waals surface area contributed by atoms with Crippen molar-refractivity contribution in [3.8, 4) is 0 Å². The number of urea groups is 1. The molecule has 0 aromatic heterocycles. The summed E-state index contributed by atoms with van der Waals surface area (Å²) in [6.07, 6.45) is -1.76. The van der Waals surface area contributed by atoms with Gasteiger partial charge in [-0.05, 0) is 28.7 Å². The number of nitrogens with one attached hydrogen (secondary N) is 1. The molecule has 2 N–H and O–H groups in total. The molecule has 3 rings (SSSR count). The zero-order valence-corrected chi connectivity index (χ0v) is 22.7. The Morgan fingerprint density at radius 3 is 1.88 bits per heavy atom. The van der Waals surface area contributed by atoms with Crippen LogP contribution in [0.25, 0.3) is 0 Å². The van der Waals surface area contributed by atoms with Gasteiger partial charge in [0.15, 0.2) is 6.10 Å². The normalized spacial score (nSPS) is 12.3. The molecule has 0 spiro atoms. The van der Waals surface area contributed by atoms with Crippen LogP contribution in [0.5, 0.6) is 0 Å². The molecule has 0 heterocycles. The maximum atomic E-state index is 14.4. The first-order chi connectivity index (χ1) is 19.2. The monoisotopic (exact) mass is 550 g/mol. The van der Waals surface area contributed by atoms with Gasteiger partial charge < -0.3 is 24.8 Å². The van der Waals surface area contributed by atoms with Crippen molar-refractivity contribution >= 4 is 18.0 Å². The molecule has 40 heavy (non-hydrogen) atoms. The molecule has 0 fully saturated rings. The molecule has 1 unspecified atom stereocenters. The number of aliphatic hydroxyl groups is 1. The first-order valence-corrected chi connectivity index (χ1v) is 13.1. The molecule has 0 saturated heterocycles. The largest absolute Gasteiger partial charge is 0.459 e. The van der Waals surface area contributed by atoms with E-state index in [-0.39, 0.29) is 44.2 Å². The molecular formula is C31H35FN2O6. The summed E-state index contributed by atoms with van der Waals surface area (Å²) in [6, 6.07) is 22.1. The van der Waals surface area contributed by atoms with Crippen LogP contribution in [0.2, 0.25) is 0 Å². The Morgan fingerprint density at radius 2 is 1.32 bits per heavy atom. The first-order valence-electron chi connectivity index (χ1n) is 13.1. The fraction of sp³-hybridized carbons (Fsp3) is 0.323. The number of carbonyl (C=O) groups excluding carboxylic acids is 3. The van der Waals surface area contributed by atoms with Gasteiger partial charge in [-0.1, -0.05) is 92.7 Å². The highest BCUT2D eigenvalue weighted by Crippen LogP contribution is 2.13. The number of hydrogen-bond acceptors (Lipinski definition) is 6. The summed E-state index contributed by atoms with van der Waals surface area (Å²) in [4.78, 5) is 40.1. The fourth-order valence-corrected chi connectivity index (χ4v) is 3.94. The molecule has 2 atom stereocenters. The van der Waals surface area contributed by atoms with E-state index in [0.29, 0.717) is 0 Å². The molecule has 3 aromatic rings. The zero-order valence-electron chi connectivity index (χ0n) is 22.7. The van der Waals surface area contributed by atoms with Crippen LogP contribution < -0.4 is 5.32 Å². The highest BCUT2D eigenvalue weighted by atomic mass is 19.1. The van der Waals surface area contributed by atoms with Crippen LogP contribution in [-0.4, -0.2) is 53.2 Å². The Hall–Kier alpha value is -4.24. The summed E-state index contributed by atoms with van der Waals surface area (Å²) in [6.45, 7) is 3.51. The summed E-state index contributed by atoms with van der Waals surface area (Å²) in [5.41, 5.74) is 1.74. The van der Waals surface area contributed by atoms with Crippen molar-refractivity contribution in [2.24, 2.45) is 5.92 Å². The van der Waals surface area contributed by atoms with Gasteiger partial charge in [0, 0.05) is 13.0 Å². The van der Waals surface area contributed by atoms with Crippen LogP contribution in [0.15, 0.2) is 84.9 Å². The molecule has 8 nitrogen and oxygen atoms in total. The number of nitrogens with zero attached hydrogens (tertiary/aromatic N) is 1. The van der Waals surface area contributed by atoms with Gasteiger partial charge in [-0.15, -0.1) is 0 Å². The van der Waals surface area contributed by atoms with Crippen LogP contribution in [0, 0.1) is 11.7 Å². The Morgan fingerprint density at radius 1 is 0.800 bits per heavy atom. The van der Waals surface area contributed by atoms with Crippen LogP contribution in [0.4, 0.5) is 9.18 Å². The molecule has 0 aliphatic heterocycles. The third kappa shape index (κ3) is 9.81. The lowest BCUT2D eigenvalue weighted by atomic mass is 10.1. The second-order valence-electron chi connectivity index (χ2n) is 9.80. The third-order valence-electron chi connectivity index (χ3n) is 5.95. The number of amides is 2. The highest BCUT2D eigenvalue weighted by molar-refractivity contribution is 5.84. The van der Waals surface area contributed by atoms with E-state index in [1.54, 1.807) is 42.5 Å². The SMILES string of the molecule is CC(C)CN(CC(O)C(=O)OCc1ccccc1)C(=O)N[C@@H](Cc1ccccc1F)C(=O)OCc1ccccc1. The van der Waals surface area contributed by atoms with E-state index in [0.717, 1.165) is 11.1 Å². The molecular weight excluding hydrogens is 515 g/mol. The number of carbonyl (C=O) groups is 3. The molecule has 0 radical (unpaired) electrons. The maximum absolute atomic E-state index is 14.4. The van der Waals surface area contributed by atoms with E-state index >= 15 is 0 Å². The molecule has 0 saturated carbocycles. The van der Waals surface area contributed by atoms with Gasteiger partial charge in [0.25, 0.3) is 0 Å². The first kappa shape index (κ1) is 30.3. The van der Waals surface area contributed by atoms with Crippen molar-refractivity contribution in [2.75, 3.05) is 13.1 Å². The average molecular weight is 551 g/mol. The Bertz CT molecular complexity index is 1240. The lowest BCUT2D eigenvalue weighted by Crippen LogP contribution is -2.52. The second kappa shape index (κ2) is 15.4. The van der Waals surface area contributed by atoms with Gasteiger partial charge in [0.1, 0.15) is 25.1 Å². The Kier molecular flexibility index (Phi) is 11.6. The van der Waals surface area contributed by atoms with E-state index in [9.17, 15) is 23.9 Å². The van der Waals surface area contributed by atoms with Crippen molar-refractivity contribution in [3.05, 3.63) is 107 Å². The summed E-state index contributed by atoms with van der Waals surface area (Å²) in [7, 11) is 0. The maximum Gasteiger partial charge on any atom is 0.337 e. The summed E-state index contributed by atoms with van der Waals surface area (Å²) in [5, 5.41) is 13.1. The average Bonchev–Trinajstić information content (AvgIpc) is 2.95. The van der Waals surface area contributed by atoms with E-state index in [1.807, 2.05) is 38.1 Å². The number of ether oxygens (including phenoxy) is 2. The minimum absolute atomic E-state index is 0.0201. The minimum atomic E-state index is -1.61. The van der Waals surface area contributed by atoms with E-state index < -0.39 is 35.9 Å². The van der Waals surface area contributed by atoms with Crippen LogP contribution in [0.3, 0.4) is 0 Å². The molecule has 212 valence electrons. The molecule has 0 aliphatic rings. The lowest BCUT2D eigenvalue weighted by molar-refractivity contribution is -0.155. The highest BCUT2D eigenvalue weighted by Gasteiger charge is 2.29. The van der Waals surface area contributed by atoms with E-state index in [4.69, 9.17) is 9.47 Å². The predicted octanol–water partition coefficient (Wildman–Crippen LogP) is 4.25. The number of benzene rings is 3. The number of halogens is 1. The topological polar surface area (TPSA) is 105 Å². The van der Waals surface area contributed by atoms with Crippen molar-refractivity contribution < 1.29 is 33.4 Å². The Labute approximate surface area is 233 Å². The number of hydrogen-bond donors (Lipinski definition) is 2. The van der Waals surface area contributed by atoms with Crippen molar-refractivity contribution in [1.82, 2.24) is 10.2 Å². The van der Waals surface area contributed by atoms with E-state index in [1.165, 1.54) is 23.1 Å². The minimum Gasteiger partial charge on any atom is -0.459 e. The number of rotatable bonds is 13. The zero-order chi connectivity index (χ0) is 28.9. The van der Waals surface area contributed by atoms with E-state index in [2.05, 4.69) is 5.32 Å². The van der Waals surface area contributed by atoms with Gasteiger partial charge >= 0.3 is 18.0 Å². The van der Waals surface area contributed by atoms with Crippen molar-refractivity contribution in [3.63, 3.8) is 0 Å². The summed E-state index contributed by atoms with van der Waals surface area (Å²) < 4.78 is 25.1. The Balaban J connectivity index is 1.69. The molecule has 9 heteroatoms. The molecule has 2 amide bonds. The number of esters is 2. The lowest BCUT2D eigenvalue weighted by Gasteiger charge is -2.28. The molecule has 0 bridgehead atoms. The van der Waals surface area contributed by atoms with Crippen LogP contribution in [0.1, 0.15) is 30.5 Å². The van der Waals surface area contributed by atoms with Gasteiger partial charge in [0.05, 0.1) is 6.54 Å². The fourth-order valence-electron chi connectivity index (χ4n) is 3.94. The predicted molar refractivity (Wildman–Crippen MR) is 147 cm³/mol. The molecule has 0 aliphatic carbocycles.